The average Bonchev–Trinajstić information content (AvgIpc) is 2.04. The second-order valence-electron chi connectivity index (χ2n) is 2.96. The first-order valence-electron chi connectivity index (χ1n) is 4.07. The van der Waals surface area contributed by atoms with Gasteiger partial charge in [0.25, 0.3) is 0 Å². The Morgan fingerprint density at radius 2 is 2.23 bits per heavy atom. The molecule has 0 saturated carbocycles. The Labute approximate surface area is 80.2 Å². The Balaban J connectivity index is 3.18. The van der Waals surface area contributed by atoms with Gasteiger partial charge < -0.3 is 5.32 Å². The van der Waals surface area contributed by atoms with Crippen LogP contribution >= 0.6 is 0 Å². The van der Waals surface area contributed by atoms with Crippen LogP contribution in [0.1, 0.15) is 11.1 Å². The number of rotatable bonds is 3. The molecule has 0 bridgehead atoms. The van der Waals surface area contributed by atoms with Crippen LogP contribution in [0.15, 0.2) is 23.1 Å². The zero-order valence-electron chi connectivity index (χ0n) is 7.79. The topological polar surface area (TPSA) is 53.0 Å². The molecule has 0 amide bonds. The number of aryl methyl sites for hydroxylation is 1. The highest BCUT2D eigenvalue weighted by Gasteiger charge is 2.01. The highest BCUT2D eigenvalue weighted by atomic mass is 32.2. The molecule has 0 saturated heterocycles. The molecule has 4 heteroatoms. The summed E-state index contributed by atoms with van der Waals surface area (Å²) in [6.45, 7) is 2.65. The van der Waals surface area contributed by atoms with Gasteiger partial charge in [0.05, 0.1) is 10.6 Å². The van der Waals surface area contributed by atoms with Gasteiger partial charge in [-0.1, -0.05) is 17.7 Å². The molecule has 3 nitrogen and oxygen atoms in total. The van der Waals surface area contributed by atoms with Crippen molar-refractivity contribution in [2.45, 2.75) is 18.4 Å². The van der Waals surface area contributed by atoms with E-state index in [-0.39, 0.29) is 0 Å². The van der Waals surface area contributed by atoms with Gasteiger partial charge in [0, 0.05) is 11.4 Å². The Kier molecular flexibility index (Phi) is 3.45. The van der Waals surface area contributed by atoms with E-state index in [2.05, 4.69) is 5.32 Å². The van der Waals surface area contributed by atoms with Crippen LogP contribution in [0.3, 0.4) is 0 Å². The van der Waals surface area contributed by atoms with Gasteiger partial charge >= 0.3 is 0 Å². The van der Waals surface area contributed by atoms with Crippen molar-refractivity contribution < 1.29 is 4.21 Å². The minimum Gasteiger partial charge on any atom is -0.316 e. The lowest BCUT2D eigenvalue weighted by Crippen LogP contribution is -2.07. The molecule has 0 aliphatic rings. The second-order valence-corrected chi connectivity index (χ2v) is 4.03. The number of hydrogen-bond acceptors (Lipinski definition) is 3. The molecule has 13 heavy (non-hydrogen) atoms. The molecule has 0 fully saturated rings. The molecule has 1 rings (SSSR count). The van der Waals surface area contributed by atoms with Crippen molar-refractivity contribution in [2.24, 2.45) is 0 Å². The maximum absolute atomic E-state index is 11.0. The molecule has 0 spiro atoms. The van der Waals surface area contributed by atoms with Crippen molar-refractivity contribution in [1.29, 1.82) is 4.78 Å². The fourth-order valence-corrected chi connectivity index (χ4v) is 1.86. The third-order valence-electron chi connectivity index (χ3n) is 1.82. The van der Waals surface area contributed by atoms with Gasteiger partial charge in [-0.2, -0.15) is 0 Å². The Morgan fingerprint density at radius 3 is 2.77 bits per heavy atom. The van der Waals surface area contributed by atoms with Gasteiger partial charge in [0.2, 0.25) is 0 Å². The summed E-state index contributed by atoms with van der Waals surface area (Å²) in [7, 11) is -0.144. The van der Waals surface area contributed by atoms with Gasteiger partial charge in [-0.3, -0.25) is 4.78 Å². The SMILES string of the molecule is CNCc1cc(C)ccc1[SH](=N)=O. The third kappa shape index (κ3) is 2.54. The van der Waals surface area contributed by atoms with Crippen LogP contribution in [-0.4, -0.2) is 11.3 Å². The Hall–Kier alpha value is -0.870. The summed E-state index contributed by atoms with van der Waals surface area (Å²) < 4.78 is 18.2. The fourth-order valence-electron chi connectivity index (χ4n) is 1.24. The summed E-state index contributed by atoms with van der Waals surface area (Å²) in [6, 6.07) is 5.62. The van der Waals surface area contributed by atoms with Crippen LogP contribution in [0.4, 0.5) is 0 Å². The van der Waals surface area contributed by atoms with Crippen molar-refractivity contribution in [3.8, 4) is 0 Å². The molecule has 0 aliphatic heterocycles. The molecule has 0 heterocycles. The summed E-state index contributed by atoms with van der Waals surface area (Å²) in [4.78, 5) is 0.634. The van der Waals surface area contributed by atoms with Crippen LogP contribution in [0.2, 0.25) is 0 Å². The molecule has 1 aromatic carbocycles. The number of hydrogen-bond donors (Lipinski definition) is 3. The van der Waals surface area contributed by atoms with E-state index in [1.807, 2.05) is 26.1 Å². The average molecular weight is 198 g/mol. The molecule has 0 aromatic heterocycles. The molecule has 1 atom stereocenters. The Bertz CT molecular complexity index is 364. The van der Waals surface area contributed by atoms with E-state index in [1.54, 1.807) is 6.07 Å². The summed E-state index contributed by atoms with van der Waals surface area (Å²) in [5, 5.41) is 2.99. The first-order chi connectivity index (χ1) is 6.15. The highest BCUT2D eigenvalue weighted by Crippen LogP contribution is 2.12. The van der Waals surface area contributed by atoms with E-state index in [9.17, 15) is 4.21 Å². The second kappa shape index (κ2) is 4.39. The number of thiol groups is 1. The van der Waals surface area contributed by atoms with Crippen LogP contribution in [0, 0.1) is 11.7 Å². The summed E-state index contributed by atoms with van der Waals surface area (Å²) in [5.74, 6) is 0. The molecule has 0 radical (unpaired) electrons. The third-order valence-corrected chi connectivity index (χ3v) is 2.69. The fraction of sp³-hybridized carbons (Fsp3) is 0.333. The maximum Gasteiger partial charge on any atom is 0.0619 e. The quantitative estimate of drug-likeness (QED) is 0.641. The van der Waals surface area contributed by atoms with Crippen molar-refractivity contribution in [2.75, 3.05) is 7.05 Å². The van der Waals surface area contributed by atoms with Crippen molar-refractivity contribution in [3.05, 3.63) is 29.3 Å². The molecular formula is C9H14N2OS. The lowest BCUT2D eigenvalue weighted by atomic mass is 10.1. The van der Waals surface area contributed by atoms with Crippen LogP contribution in [-0.2, 0) is 17.1 Å². The van der Waals surface area contributed by atoms with E-state index in [0.717, 1.165) is 11.1 Å². The lowest BCUT2D eigenvalue weighted by Gasteiger charge is -2.05. The predicted octanol–water partition coefficient (Wildman–Crippen LogP) is 1.32. The first-order valence-corrected chi connectivity index (χ1v) is 5.33. The largest absolute Gasteiger partial charge is 0.316 e. The van der Waals surface area contributed by atoms with E-state index in [1.165, 1.54) is 0 Å². The zero-order valence-corrected chi connectivity index (χ0v) is 8.69. The van der Waals surface area contributed by atoms with Crippen LogP contribution in [0.5, 0.6) is 0 Å². The van der Waals surface area contributed by atoms with E-state index in [4.69, 9.17) is 4.78 Å². The van der Waals surface area contributed by atoms with E-state index >= 15 is 0 Å². The van der Waals surface area contributed by atoms with Gasteiger partial charge in [-0.15, -0.1) is 0 Å². The lowest BCUT2D eigenvalue weighted by molar-refractivity contribution is 0.685. The molecule has 72 valence electrons. The molecule has 1 unspecified atom stereocenters. The van der Waals surface area contributed by atoms with Gasteiger partial charge in [0.15, 0.2) is 0 Å². The maximum atomic E-state index is 11.0. The summed E-state index contributed by atoms with van der Waals surface area (Å²) >= 11 is 0. The van der Waals surface area contributed by atoms with E-state index < -0.39 is 10.6 Å². The molecule has 2 N–H and O–H groups in total. The van der Waals surface area contributed by atoms with Gasteiger partial charge in [-0.25, -0.2) is 4.21 Å². The van der Waals surface area contributed by atoms with Crippen LogP contribution in [0.25, 0.3) is 0 Å². The predicted molar refractivity (Wildman–Crippen MR) is 54.5 cm³/mol. The standard InChI is InChI=1S/C9H14N2OS/c1-7-3-4-9(13(10)12)8(5-7)6-11-2/h3-5,10-11,13H,6H2,1-2H3. The van der Waals surface area contributed by atoms with Gasteiger partial charge in [-0.05, 0) is 25.6 Å². The Morgan fingerprint density at radius 1 is 1.54 bits per heavy atom. The van der Waals surface area contributed by atoms with Crippen LogP contribution < -0.4 is 5.32 Å². The minimum atomic E-state index is -1.98. The molecular weight excluding hydrogens is 184 g/mol. The highest BCUT2D eigenvalue weighted by molar-refractivity contribution is 7.73. The normalized spacial score (nSPS) is 12.8. The zero-order chi connectivity index (χ0) is 9.84. The first kappa shape index (κ1) is 10.2. The monoisotopic (exact) mass is 198 g/mol. The van der Waals surface area contributed by atoms with E-state index in [0.29, 0.717) is 11.4 Å². The molecule has 0 aliphatic carbocycles. The summed E-state index contributed by atoms with van der Waals surface area (Å²) in [5.41, 5.74) is 2.09. The smallest absolute Gasteiger partial charge is 0.0619 e. The van der Waals surface area contributed by atoms with Gasteiger partial charge in [0.1, 0.15) is 0 Å². The number of benzene rings is 1. The van der Waals surface area contributed by atoms with Crippen molar-refractivity contribution in [1.82, 2.24) is 5.32 Å². The number of nitrogens with one attached hydrogen (secondary N) is 2. The minimum absolute atomic E-state index is 0.634. The van der Waals surface area contributed by atoms with Crippen molar-refractivity contribution in [3.63, 3.8) is 0 Å². The molecule has 1 aromatic rings. The van der Waals surface area contributed by atoms with Crippen molar-refractivity contribution >= 4 is 10.6 Å². The summed E-state index contributed by atoms with van der Waals surface area (Å²) in [6.07, 6.45) is 0.